The van der Waals surface area contributed by atoms with Crippen LogP contribution in [0.25, 0.3) is 0 Å². The van der Waals surface area contributed by atoms with Crippen LogP contribution in [0.5, 0.6) is 0 Å². The number of likely N-dealkylation sites (tertiary alicyclic amines) is 1. The highest BCUT2D eigenvalue weighted by Gasteiger charge is 2.40. The van der Waals surface area contributed by atoms with Gasteiger partial charge in [0.1, 0.15) is 6.04 Å². The van der Waals surface area contributed by atoms with Crippen LogP contribution in [-0.4, -0.2) is 57.9 Å². The van der Waals surface area contributed by atoms with Gasteiger partial charge in [-0.2, -0.15) is 10.2 Å². The van der Waals surface area contributed by atoms with E-state index in [0.29, 0.717) is 29.8 Å². The minimum Gasteiger partial charge on any atom is -0.480 e. The van der Waals surface area contributed by atoms with Crippen LogP contribution in [0.2, 0.25) is 0 Å². The van der Waals surface area contributed by atoms with Crippen molar-refractivity contribution in [2.45, 2.75) is 38.8 Å². The Morgan fingerprint density at radius 1 is 1.48 bits per heavy atom. The highest BCUT2D eigenvalue weighted by Crippen LogP contribution is 2.23. The van der Waals surface area contributed by atoms with Gasteiger partial charge >= 0.3 is 5.97 Å². The van der Waals surface area contributed by atoms with Gasteiger partial charge in [-0.05, 0) is 19.4 Å². The number of hydrogen-bond acceptors (Lipinski definition) is 5. The monoisotopic (exact) mass is 293 g/mol. The molecular formula is C14H19N3O4. The number of ether oxygens (including phenoxy) is 1. The normalized spacial score (nSPS) is 21.6. The van der Waals surface area contributed by atoms with Gasteiger partial charge in [0.05, 0.1) is 23.1 Å². The zero-order valence-electron chi connectivity index (χ0n) is 12.4. The predicted octanol–water partition coefficient (Wildman–Crippen LogP) is 0.662. The number of carbonyl (C=O) groups is 2. The van der Waals surface area contributed by atoms with E-state index in [4.69, 9.17) is 4.74 Å². The lowest BCUT2D eigenvalue weighted by molar-refractivity contribution is -0.141. The van der Waals surface area contributed by atoms with Crippen molar-refractivity contribution in [3.8, 4) is 0 Å². The van der Waals surface area contributed by atoms with E-state index in [0.717, 1.165) is 0 Å². The van der Waals surface area contributed by atoms with Crippen molar-refractivity contribution in [3.63, 3.8) is 0 Å². The van der Waals surface area contributed by atoms with Crippen molar-refractivity contribution in [3.05, 3.63) is 23.0 Å². The summed E-state index contributed by atoms with van der Waals surface area (Å²) < 4.78 is 5.20. The van der Waals surface area contributed by atoms with E-state index in [1.54, 1.807) is 13.0 Å². The van der Waals surface area contributed by atoms with Gasteiger partial charge in [-0.1, -0.05) is 6.92 Å². The van der Waals surface area contributed by atoms with E-state index in [1.165, 1.54) is 12.0 Å². The molecule has 0 bridgehead atoms. The lowest BCUT2D eigenvalue weighted by atomic mass is 10.1. The van der Waals surface area contributed by atoms with Crippen LogP contribution in [0.3, 0.4) is 0 Å². The molecule has 0 saturated carbocycles. The topological polar surface area (TPSA) is 92.6 Å². The van der Waals surface area contributed by atoms with Gasteiger partial charge in [0.15, 0.2) is 0 Å². The van der Waals surface area contributed by atoms with E-state index >= 15 is 0 Å². The van der Waals surface area contributed by atoms with Gasteiger partial charge in [0.2, 0.25) is 0 Å². The number of aryl methyl sites for hydroxylation is 2. The third-order valence-corrected chi connectivity index (χ3v) is 3.70. The Balaban J connectivity index is 2.34. The van der Waals surface area contributed by atoms with Crippen LogP contribution < -0.4 is 0 Å². The van der Waals surface area contributed by atoms with Crippen molar-refractivity contribution in [2.24, 2.45) is 0 Å². The van der Waals surface area contributed by atoms with Crippen LogP contribution in [-0.2, 0) is 16.0 Å². The largest absolute Gasteiger partial charge is 0.480 e. The maximum absolute atomic E-state index is 12.7. The first kappa shape index (κ1) is 15.4. The molecule has 2 atom stereocenters. The molecule has 1 aromatic heterocycles. The van der Waals surface area contributed by atoms with E-state index in [1.807, 2.05) is 6.92 Å². The Labute approximate surface area is 122 Å². The molecule has 1 fully saturated rings. The van der Waals surface area contributed by atoms with Crippen LogP contribution >= 0.6 is 0 Å². The fourth-order valence-corrected chi connectivity index (χ4v) is 2.54. The summed E-state index contributed by atoms with van der Waals surface area (Å²) in [6.45, 7) is 3.91. The summed E-state index contributed by atoms with van der Waals surface area (Å²) in [5.74, 6) is -1.34. The Bertz CT molecular complexity index is 561. The Morgan fingerprint density at radius 3 is 2.76 bits per heavy atom. The molecule has 21 heavy (non-hydrogen) atoms. The summed E-state index contributed by atoms with van der Waals surface area (Å²) in [5, 5.41) is 17.3. The zero-order valence-corrected chi connectivity index (χ0v) is 12.4. The molecule has 2 unspecified atom stereocenters. The standard InChI is InChI=1S/C14H19N3O4/c1-4-11-10(5-8(2)15-16-11)13(18)17-7-9(21-3)6-12(17)14(19)20/h5,9,12H,4,6-7H2,1-3H3,(H,19,20). The van der Waals surface area contributed by atoms with Crippen LogP contribution in [0.15, 0.2) is 6.07 Å². The second kappa shape index (κ2) is 6.17. The fourth-order valence-electron chi connectivity index (χ4n) is 2.54. The number of carboxylic acid groups (broad SMARTS) is 1. The number of hydrogen-bond donors (Lipinski definition) is 1. The maximum atomic E-state index is 12.7. The van der Waals surface area contributed by atoms with Crippen LogP contribution in [0, 0.1) is 6.92 Å². The molecule has 1 amide bonds. The second-order valence-electron chi connectivity index (χ2n) is 5.10. The summed E-state index contributed by atoms with van der Waals surface area (Å²) in [6.07, 6.45) is 0.612. The van der Waals surface area contributed by atoms with Crippen LogP contribution in [0.1, 0.15) is 35.1 Å². The smallest absolute Gasteiger partial charge is 0.326 e. The van der Waals surface area contributed by atoms with Crippen molar-refractivity contribution >= 4 is 11.9 Å². The minimum atomic E-state index is -1.01. The minimum absolute atomic E-state index is 0.254. The van der Waals surface area contributed by atoms with Gasteiger partial charge in [-0.15, -0.1) is 0 Å². The summed E-state index contributed by atoms with van der Waals surface area (Å²) in [5.41, 5.74) is 1.63. The second-order valence-corrected chi connectivity index (χ2v) is 5.10. The molecule has 0 radical (unpaired) electrons. The molecule has 0 spiro atoms. The SMILES string of the molecule is CCc1nnc(C)cc1C(=O)N1CC(OC)CC1C(=O)O. The molecular weight excluding hydrogens is 274 g/mol. The molecule has 2 rings (SSSR count). The molecule has 1 aliphatic heterocycles. The summed E-state index contributed by atoms with van der Waals surface area (Å²) in [4.78, 5) is 25.4. The average molecular weight is 293 g/mol. The van der Waals surface area contributed by atoms with Crippen molar-refractivity contribution < 1.29 is 19.4 Å². The maximum Gasteiger partial charge on any atom is 0.326 e. The lowest BCUT2D eigenvalue weighted by Gasteiger charge is -2.22. The Kier molecular flexibility index (Phi) is 4.52. The van der Waals surface area contributed by atoms with Crippen molar-refractivity contribution in [1.29, 1.82) is 0 Å². The number of nitrogens with zero attached hydrogens (tertiary/aromatic N) is 3. The highest BCUT2D eigenvalue weighted by molar-refractivity contribution is 5.98. The molecule has 114 valence electrons. The molecule has 0 aliphatic carbocycles. The molecule has 1 aliphatic rings. The van der Waals surface area contributed by atoms with Gasteiger partial charge in [-0.3, -0.25) is 4.79 Å². The molecule has 2 heterocycles. The molecule has 7 nitrogen and oxygen atoms in total. The van der Waals surface area contributed by atoms with Gasteiger partial charge in [-0.25, -0.2) is 4.79 Å². The summed E-state index contributed by atoms with van der Waals surface area (Å²) in [7, 11) is 1.52. The molecule has 1 aromatic rings. The third kappa shape index (κ3) is 3.02. The van der Waals surface area contributed by atoms with E-state index in [-0.39, 0.29) is 18.6 Å². The van der Waals surface area contributed by atoms with E-state index in [2.05, 4.69) is 10.2 Å². The first-order valence-corrected chi connectivity index (χ1v) is 6.87. The first-order chi connectivity index (χ1) is 9.97. The molecule has 0 aromatic carbocycles. The fraction of sp³-hybridized carbons (Fsp3) is 0.571. The van der Waals surface area contributed by atoms with Gasteiger partial charge in [0, 0.05) is 20.1 Å². The molecule has 1 saturated heterocycles. The van der Waals surface area contributed by atoms with Crippen molar-refractivity contribution in [1.82, 2.24) is 15.1 Å². The number of carbonyl (C=O) groups excluding carboxylic acids is 1. The number of methoxy groups -OCH3 is 1. The number of aliphatic carboxylic acids is 1. The highest BCUT2D eigenvalue weighted by atomic mass is 16.5. The lowest BCUT2D eigenvalue weighted by Crippen LogP contribution is -2.41. The van der Waals surface area contributed by atoms with E-state index < -0.39 is 12.0 Å². The Morgan fingerprint density at radius 2 is 2.19 bits per heavy atom. The van der Waals surface area contributed by atoms with Gasteiger partial charge in [0.25, 0.3) is 5.91 Å². The number of carboxylic acids is 1. The quantitative estimate of drug-likeness (QED) is 0.876. The number of amides is 1. The molecule has 1 N–H and O–H groups in total. The third-order valence-electron chi connectivity index (χ3n) is 3.70. The number of aromatic nitrogens is 2. The Hall–Kier alpha value is -2.02. The predicted molar refractivity (Wildman–Crippen MR) is 74.0 cm³/mol. The first-order valence-electron chi connectivity index (χ1n) is 6.87. The van der Waals surface area contributed by atoms with E-state index in [9.17, 15) is 14.7 Å². The zero-order chi connectivity index (χ0) is 15.6. The molecule has 7 heteroatoms. The van der Waals surface area contributed by atoms with Crippen LogP contribution in [0.4, 0.5) is 0 Å². The average Bonchev–Trinajstić information content (AvgIpc) is 2.91. The summed E-state index contributed by atoms with van der Waals surface area (Å²) >= 11 is 0. The van der Waals surface area contributed by atoms with Crippen molar-refractivity contribution in [2.75, 3.05) is 13.7 Å². The van der Waals surface area contributed by atoms with Gasteiger partial charge < -0.3 is 14.7 Å². The summed E-state index contributed by atoms with van der Waals surface area (Å²) in [6, 6.07) is 0.799. The number of rotatable bonds is 4.